The number of benzene rings is 1. The van der Waals surface area contributed by atoms with E-state index in [1.54, 1.807) is 0 Å². The van der Waals surface area contributed by atoms with Crippen LogP contribution in [-0.2, 0) is 0 Å². The number of rotatable bonds is 5. The number of hydrogen-bond acceptors (Lipinski definition) is 2. The topological polar surface area (TPSA) is 20.3 Å². The zero-order chi connectivity index (χ0) is 15.4. The highest BCUT2D eigenvalue weighted by atomic mass is 19.1. The van der Waals surface area contributed by atoms with Crippen LogP contribution >= 0.6 is 0 Å². The minimum atomic E-state index is -0.701. The van der Waals surface area contributed by atoms with Crippen LogP contribution in [0.25, 0.3) is 0 Å². The summed E-state index contributed by atoms with van der Waals surface area (Å²) in [5, 5.41) is 0. The average molecular weight is 295 g/mol. The fraction of sp³-hybridized carbons (Fsp3) is 0.588. The average Bonchev–Trinajstić information content (AvgIpc) is 2.44. The van der Waals surface area contributed by atoms with Crippen molar-refractivity contribution in [1.82, 2.24) is 4.90 Å². The number of carbonyl (C=O) groups is 1. The molecule has 0 saturated heterocycles. The van der Waals surface area contributed by atoms with Gasteiger partial charge in [-0.3, -0.25) is 4.79 Å². The molecule has 0 radical (unpaired) electrons. The Hall–Kier alpha value is -1.29. The summed E-state index contributed by atoms with van der Waals surface area (Å²) >= 11 is 0. The van der Waals surface area contributed by atoms with E-state index >= 15 is 0 Å². The van der Waals surface area contributed by atoms with E-state index in [0.717, 1.165) is 24.1 Å². The molecule has 0 aliphatic heterocycles. The zero-order valence-electron chi connectivity index (χ0n) is 12.7. The summed E-state index contributed by atoms with van der Waals surface area (Å²) in [6.07, 6.45) is 5.10. The summed E-state index contributed by atoms with van der Waals surface area (Å²) in [5.74, 6) is -0.808. The molecule has 1 aromatic rings. The van der Waals surface area contributed by atoms with Crippen LogP contribution in [0.3, 0.4) is 0 Å². The molecule has 0 amide bonds. The smallest absolute Gasteiger partial charge is 0.164 e. The van der Waals surface area contributed by atoms with E-state index in [4.69, 9.17) is 0 Å². The Balaban J connectivity index is 1.85. The lowest BCUT2D eigenvalue weighted by molar-refractivity contribution is 0.0946. The maximum Gasteiger partial charge on any atom is 0.164 e. The van der Waals surface area contributed by atoms with E-state index in [0.29, 0.717) is 19.0 Å². The molecule has 0 atom stereocenters. The lowest BCUT2D eigenvalue weighted by Crippen LogP contribution is -2.36. The van der Waals surface area contributed by atoms with Gasteiger partial charge in [0.25, 0.3) is 0 Å². The summed E-state index contributed by atoms with van der Waals surface area (Å²) in [6, 6.07) is 3.52. The molecule has 4 heteroatoms. The number of nitrogens with zero attached hydrogens (tertiary/aromatic N) is 1. The molecule has 1 aliphatic rings. The second kappa shape index (κ2) is 7.12. The van der Waals surface area contributed by atoms with Gasteiger partial charge in [-0.05, 0) is 50.8 Å². The van der Waals surface area contributed by atoms with Crippen LogP contribution in [-0.4, -0.2) is 30.3 Å². The van der Waals surface area contributed by atoms with E-state index in [1.165, 1.54) is 25.7 Å². The van der Waals surface area contributed by atoms with Gasteiger partial charge in [-0.2, -0.15) is 0 Å². The van der Waals surface area contributed by atoms with Crippen molar-refractivity contribution in [3.63, 3.8) is 0 Å². The molecule has 1 saturated carbocycles. The molecule has 1 aliphatic carbocycles. The van der Waals surface area contributed by atoms with Gasteiger partial charge in [-0.1, -0.05) is 6.92 Å². The first-order valence-corrected chi connectivity index (χ1v) is 7.65. The van der Waals surface area contributed by atoms with Gasteiger partial charge in [0.2, 0.25) is 0 Å². The largest absolute Gasteiger partial charge is 0.303 e. The molecular weight excluding hydrogens is 272 g/mol. The van der Waals surface area contributed by atoms with Gasteiger partial charge >= 0.3 is 0 Å². The van der Waals surface area contributed by atoms with Crippen molar-refractivity contribution in [3.8, 4) is 0 Å². The third-order valence-electron chi connectivity index (χ3n) is 4.48. The summed E-state index contributed by atoms with van der Waals surface area (Å²) < 4.78 is 26.2. The van der Waals surface area contributed by atoms with Gasteiger partial charge in [0.1, 0.15) is 11.6 Å². The lowest BCUT2D eigenvalue weighted by Gasteiger charge is -2.33. The van der Waals surface area contributed by atoms with Crippen LogP contribution < -0.4 is 0 Å². The Morgan fingerprint density at radius 3 is 2.29 bits per heavy atom. The van der Waals surface area contributed by atoms with Gasteiger partial charge in [0.05, 0.1) is 0 Å². The number of carbonyl (C=O) groups excluding carboxylic acids is 1. The third kappa shape index (κ3) is 4.60. The maximum atomic E-state index is 13.1. The molecule has 2 rings (SSSR count). The highest BCUT2D eigenvalue weighted by Gasteiger charge is 2.22. The van der Waals surface area contributed by atoms with Crippen LogP contribution in [0.15, 0.2) is 18.2 Å². The van der Waals surface area contributed by atoms with Crippen molar-refractivity contribution in [2.45, 2.75) is 45.1 Å². The van der Waals surface area contributed by atoms with Crippen molar-refractivity contribution in [3.05, 3.63) is 35.4 Å². The van der Waals surface area contributed by atoms with E-state index in [2.05, 4.69) is 11.8 Å². The maximum absolute atomic E-state index is 13.1. The van der Waals surface area contributed by atoms with Crippen molar-refractivity contribution in [2.24, 2.45) is 5.92 Å². The Bertz CT molecular complexity index is 475. The summed E-state index contributed by atoms with van der Waals surface area (Å²) in [6.45, 7) is 2.91. The molecule has 2 nitrogen and oxygen atoms in total. The molecular formula is C17H23F2NO. The molecule has 0 aromatic heterocycles. The molecule has 116 valence electrons. The predicted molar refractivity (Wildman–Crippen MR) is 79.4 cm³/mol. The van der Waals surface area contributed by atoms with Crippen molar-refractivity contribution < 1.29 is 13.6 Å². The lowest BCUT2D eigenvalue weighted by atomic mass is 9.86. The molecule has 1 fully saturated rings. The van der Waals surface area contributed by atoms with E-state index < -0.39 is 11.6 Å². The van der Waals surface area contributed by atoms with Gasteiger partial charge < -0.3 is 4.90 Å². The summed E-state index contributed by atoms with van der Waals surface area (Å²) in [7, 11) is 2.03. The van der Waals surface area contributed by atoms with Crippen LogP contribution in [0.1, 0.15) is 49.4 Å². The van der Waals surface area contributed by atoms with Crippen LogP contribution in [0.4, 0.5) is 8.78 Å². The molecule has 0 bridgehead atoms. The Morgan fingerprint density at radius 2 is 1.71 bits per heavy atom. The van der Waals surface area contributed by atoms with Gasteiger partial charge in [0, 0.05) is 30.6 Å². The SMILES string of the molecule is CC1CCC(N(C)CCC(=O)c2cc(F)cc(F)c2)CC1. The molecule has 21 heavy (non-hydrogen) atoms. The number of halogens is 2. The first kappa shape index (κ1) is 16.1. The molecule has 0 spiro atoms. The van der Waals surface area contributed by atoms with E-state index in [9.17, 15) is 13.6 Å². The molecule has 0 unspecified atom stereocenters. The first-order valence-electron chi connectivity index (χ1n) is 7.65. The predicted octanol–water partition coefficient (Wildman–Crippen LogP) is 4.05. The highest BCUT2D eigenvalue weighted by molar-refractivity contribution is 5.96. The van der Waals surface area contributed by atoms with Gasteiger partial charge in [0.15, 0.2) is 5.78 Å². The zero-order valence-corrected chi connectivity index (χ0v) is 12.7. The van der Waals surface area contributed by atoms with Crippen molar-refractivity contribution in [1.29, 1.82) is 0 Å². The normalized spacial score (nSPS) is 22.5. The van der Waals surface area contributed by atoms with E-state index in [1.807, 2.05) is 7.05 Å². The quantitative estimate of drug-likeness (QED) is 0.764. The number of ketones is 1. The van der Waals surface area contributed by atoms with Gasteiger partial charge in [-0.15, -0.1) is 0 Å². The minimum absolute atomic E-state index is 0.123. The third-order valence-corrected chi connectivity index (χ3v) is 4.48. The highest BCUT2D eigenvalue weighted by Crippen LogP contribution is 2.26. The number of hydrogen-bond donors (Lipinski definition) is 0. The van der Waals surface area contributed by atoms with Crippen molar-refractivity contribution >= 4 is 5.78 Å². The second-order valence-corrected chi connectivity index (χ2v) is 6.23. The van der Waals surface area contributed by atoms with Crippen LogP contribution in [0.2, 0.25) is 0 Å². The standard InChI is InChI=1S/C17H23F2NO/c1-12-3-5-16(6-4-12)20(2)8-7-17(21)13-9-14(18)11-15(19)10-13/h9-12,16H,3-8H2,1-2H3. The number of Topliss-reactive ketones (excluding diaryl/α,β-unsaturated/α-hetero) is 1. The van der Waals surface area contributed by atoms with Crippen molar-refractivity contribution in [2.75, 3.05) is 13.6 Å². The Labute approximate surface area is 125 Å². The fourth-order valence-electron chi connectivity index (χ4n) is 3.00. The van der Waals surface area contributed by atoms with Gasteiger partial charge in [-0.25, -0.2) is 8.78 Å². The van der Waals surface area contributed by atoms with E-state index in [-0.39, 0.29) is 11.3 Å². The molecule has 0 heterocycles. The fourth-order valence-corrected chi connectivity index (χ4v) is 3.00. The Morgan fingerprint density at radius 1 is 1.14 bits per heavy atom. The van der Waals surface area contributed by atoms with Crippen LogP contribution in [0, 0.1) is 17.6 Å². The molecule has 1 aromatic carbocycles. The molecule has 0 N–H and O–H groups in total. The minimum Gasteiger partial charge on any atom is -0.303 e. The summed E-state index contributed by atoms with van der Waals surface area (Å²) in [4.78, 5) is 14.2. The summed E-state index contributed by atoms with van der Waals surface area (Å²) in [5.41, 5.74) is 0.123. The Kier molecular flexibility index (Phi) is 5.45. The second-order valence-electron chi connectivity index (χ2n) is 6.23. The monoisotopic (exact) mass is 295 g/mol. The first-order chi connectivity index (χ1) is 9.95. The van der Waals surface area contributed by atoms with Crippen LogP contribution in [0.5, 0.6) is 0 Å².